The highest BCUT2D eigenvalue weighted by molar-refractivity contribution is 5.68. The molecule has 0 saturated carbocycles. The monoisotopic (exact) mass is 236 g/mol. The van der Waals surface area contributed by atoms with Gasteiger partial charge in [0.1, 0.15) is 5.60 Å². The van der Waals surface area contributed by atoms with Gasteiger partial charge in [-0.2, -0.15) is 0 Å². The van der Waals surface area contributed by atoms with Gasteiger partial charge >= 0.3 is 6.09 Å². The zero-order valence-electron chi connectivity index (χ0n) is 10.8. The van der Waals surface area contributed by atoms with Crippen LogP contribution in [0.1, 0.15) is 26.3 Å². The van der Waals surface area contributed by atoms with E-state index >= 15 is 0 Å². The number of hydrogen-bond acceptors (Lipinski definition) is 3. The Morgan fingerprint density at radius 3 is 2.53 bits per heavy atom. The molecule has 0 aromatic heterocycles. The molecule has 0 heterocycles. The summed E-state index contributed by atoms with van der Waals surface area (Å²) in [6, 6.07) is 7.81. The van der Waals surface area contributed by atoms with Crippen LogP contribution in [0.4, 0.5) is 10.5 Å². The van der Waals surface area contributed by atoms with Crippen molar-refractivity contribution in [1.29, 1.82) is 0 Å². The van der Waals surface area contributed by atoms with E-state index in [4.69, 9.17) is 4.74 Å². The molecule has 0 unspecified atom stereocenters. The average Bonchev–Trinajstić information content (AvgIpc) is 2.24. The molecule has 2 N–H and O–H groups in total. The predicted molar refractivity (Wildman–Crippen MR) is 69.1 cm³/mol. The minimum Gasteiger partial charge on any atom is -0.444 e. The van der Waals surface area contributed by atoms with Crippen LogP contribution >= 0.6 is 0 Å². The van der Waals surface area contributed by atoms with E-state index < -0.39 is 11.7 Å². The first-order valence-corrected chi connectivity index (χ1v) is 5.65. The maximum Gasteiger partial charge on any atom is 0.407 e. The van der Waals surface area contributed by atoms with Gasteiger partial charge in [0.05, 0.1) is 0 Å². The Morgan fingerprint density at radius 2 is 1.94 bits per heavy atom. The van der Waals surface area contributed by atoms with Crippen LogP contribution in [0, 0.1) is 0 Å². The lowest BCUT2D eigenvalue weighted by atomic mass is 10.2. The largest absolute Gasteiger partial charge is 0.444 e. The quantitative estimate of drug-likeness (QED) is 0.848. The maximum atomic E-state index is 11.5. The van der Waals surface area contributed by atoms with Crippen LogP contribution in [0.25, 0.3) is 0 Å². The third kappa shape index (κ3) is 4.76. The van der Waals surface area contributed by atoms with Crippen molar-refractivity contribution in [1.82, 2.24) is 5.32 Å². The lowest BCUT2D eigenvalue weighted by Crippen LogP contribution is -2.32. The molecule has 0 spiro atoms. The first kappa shape index (κ1) is 13.4. The van der Waals surface area contributed by atoms with Crippen LogP contribution < -0.4 is 10.6 Å². The Labute approximate surface area is 102 Å². The highest BCUT2D eigenvalue weighted by Gasteiger charge is 2.15. The number of para-hydroxylation sites is 1. The van der Waals surface area contributed by atoms with Gasteiger partial charge in [-0.05, 0) is 32.4 Å². The number of benzene rings is 1. The molecule has 0 fully saturated rings. The van der Waals surface area contributed by atoms with E-state index in [1.165, 1.54) is 0 Å². The molecule has 0 radical (unpaired) electrons. The van der Waals surface area contributed by atoms with E-state index in [0.29, 0.717) is 6.54 Å². The minimum atomic E-state index is -0.466. The summed E-state index contributed by atoms with van der Waals surface area (Å²) in [6.07, 6.45) is -0.400. The third-order valence-corrected chi connectivity index (χ3v) is 2.11. The highest BCUT2D eigenvalue weighted by Crippen LogP contribution is 2.14. The number of rotatable bonds is 3. The number of carbonyl (C=O) groups excluding carboxylic acids is 1. The number of anilines is 1. The van der Waals surface area contributed by atoms with Gasteiger partial charge in [0.25, 0.3) is 0 Å². The second-order valence-corrected chi connectivity index (χ2v) is 4.76. The van der Waals surface area contributed by atoms with Gasteiger partial charge in [-0.15, -0.1) is 0 Å². The topological polar surface area (TPSA) is 50.4 Å². The summed E-state index contributed by atoms with van der Waals surface area (Å²) in [5.41, 5.74) is 1.57. The van der Waals surface area contributed by atoms with Gasteiger partial charge in [-0.3, -0.25) is 0 Å². The second kappa shape index (κ2) is 5.57. The van der Waals surface area contributed by atoms with Crippen LogP contribution in [0.15, 0.2) is 24.3 Å². The van der Waals surface area contributed by atoms with E-state index in [0.717, 1.165) is 11.3 Å². The summed E-state index contributed by atoms with van der Waals surface area (Å²) in [4.78, 5) is 11.5. The fourth-order valence-electron chi connectivity index (χ4n) is 1.40. The first-order valence-electron chi connectivity index (χ1n) is 5.65. The van der Waals surface area contributed by atoms with Crippen molar-refractivity contribution in [2.75, 3.05) is 12.4 Å². The zero-order valence-corrected chi connectivity index (χ0v) is 10.8. The van der Waals surface area contributed by atoms with Crippen LogP contribution in [0.5, 0.6) is 0 Å². The number of alkyl carbamates (subject to hydrolysis) is 1. The molecule has 0 aliphatic heterocycles. The van der Waals surface area contributed by atoms with Crippen molar-refractivity contribution in [3.63, 3.8) is 0 Å². The smallest absolute Gasteiger partial charge is 0.407 e. The lowest BCUT2D eigenvalue weighted by Gasteiger charge is -2.20. The summed E-state index contributed by atoms with van der Waals surface area (Å²) in [7, 11) is 1.85. The number of nitrogens with one attached hydrogen (secondary N) is 2. The number of hydrogen-bond donors (Lipinski definition) is 2. The summed E-state index contributed by atoms with van der Waals surface area (Å²) in [5.74, 6) is 0. The fraction of sp³-hybridized carbons (Fsp3) is 0.462. The molecule has 1 rings (SSSR count). The van der Waals surface area contributed by atoms with Crippen LogP contribution in [0.2, 0.25) is 0 Å². The molecule has 1 aromatic rings. The fourth-order valence-corrected chi connectivity index (χ4v) is 1.40. The number of ether oxygens (including phenoxy) is 1. The van der Waals surface area contributed by atoms with E-state index in [-0.39, 0.29) is 0 Å². The predicted octanol–water partition coefficient (Wildman–Crippen LogP) is 2.75. The average molecular weight is 236 g/mol. The number of amides is 1. The highest BCUT2D eigenvalue weighted by atomic mass is 16.6. The van der Waals surface area contributed by atoms with Crippen molar-refractivity contribution < 1.29 is 9.53 Å². The van der Waals surface area contributed by atoms with E-state index in [1.807, 2.05) is 52.1 Å². The number of carbonyl (C=O) groups is 1. The summed E-state index contributed by atoms with van der Waals surface area (Å²) in [5, 5.41) is 5.80. The molecule has 17 heavy (non-hydrogen) atoms. The Kier molecular flexibility index (Phi) is 4.37. The SMILES string of the molecule is CNc1ccccc1CNC(=O)OC(C)(C)C. The molecule has 0 bridgehead atoms. The molecule has 4 nitrogen and oxygen atoms in total. The summed E-state index contributed by atoms with van der Waals surface area (Å²) in [6.45, 7) is 5.97. The van der Waals surface area contributed by atoms with Gasteiger partial charge in [-0.25, -0.2) is 4.79 Å². The molecular weight excluding hydrogens is 216 g/mol. The standard InChI is InChI=1S/C13H20N2O2/c1-13(2,3)17-12(16)15-9-10-7-5-6-8-11(10)14-4/h5-8,14H,9H2,1-4H3,(H,15,16). The molecule has 0 aliphatic carbocycles. The van der Waals surface area contributed by atoms with Crippen molar-refractivity contribution in [2.24, 2.45) is 0 Å². The van der Waals surface area contributed by atoms with Crippen LogP contribution in [-0.4, -0.2) is 18.7 Å². The van der Waals surface area contributed by atoms with Gasteiger partial charge < -0.3 is 15.4 Å². The van der Waals surface area contributed by atoms with Gasteiger partial charge in [0.15, 0.2) is 0 Å². The Balaban J connectivity index is 2.53. The maximum absolute atomic E-state index is 11.5. The van der Waals surface area contributed by atoms with Gasteiger partial charge in [0, 0.05) is 19.3 Å². The molecular formula is C13H20N2O2. The molecule has 4 heteroatoms. The molecule has 1 amide bonds. The lowest BCUT2D eigenvalue weighted by molar-refractivity contribution is 0.0523. The Hall–Kier alpha value is -1.71. The van der Waals surface area contributed by atoms with E-state index in [1.54, 1.807) is 0 Å². The van der Waals surface area contributed by atoms with Gasteiger partial charge in [0.2, 0.25) is 0 Å². The summed E-state index contributed by atoms with van der Waals surface area (Å²) >= 11 is 0. The second-order valence-electron chi connectivity index (χ2n) is 4.76. The Morgan fingerprint density at radius 1 is 1.29 bits per heavy atom. The van der Waals surface area contributed by atoms with Crippen LogP contribution in [0.3, 0.4) is 0 Å². The van der Waals surface area contributed by atoms with E-state index in [9.17, 15) is 4.79 Å². The first-order chi connectivity index (χ1) is 7.92. The normalized spacial score (nSPS) is 10.8. The van der Waals surface area contributed by atoms with Crippen molar-refractivity contribution in [3.05, 3.63) is 29.8 Å². The van der Waals surface area contributed by atoms with Crippen molar-refractivity contribution >= 4 is 11.8 Å². The molecule has 0 saturated heterocycles. The van der Waals surface area contributed by atoms with Crippen molar-refractivity contribution in [3.8, 4) is 0 Å². The van der Waals surface area contributed by atoms with Gasteiger partial charge in [-0.1, -0.05) is 18.2 Å². The minimum absolute atomic E-state index is 0.400. The zero-order chi connectivity index (χ0) is 12.9. The molecule has 0 atom stereocenters. The molecule has 0 aliphatic rings. The van der Waals surface area contributed by atoms with E-state index in [2.05, 4.69) is 10.6 Å². The third-order valence-electron chi connectivity index (χ3n) is 2.11. The molecule has 94 valence electrons. The van der Waals surface area contributed by atoms with Crippen LogP contribution in [-0.2, 0) is 11.3 Å². The summed E-state index contributed by atoms with van der Waals surface area (Å²) < 4.78 is 5.16. The Bertz CT molecular complexity index is 383. The molecule has 1 aromatic carbocycles. The van der Waals surface area contributed by atoms with Crippen molar-refractivity contribution in [2.45, 2.75) is 32.9 Å².